The molecular weight excluding hydrogens is 380 g/mol. The number of aromatic nitrogens is 1. The molecule has 1 aliphatic rings. The predicted octanol–water partition coefficient (Wildman–Crippen LogP) is 4.97. The summed E-state index contributed by atoms with van der Waals surface area (Å²) in [5.74, 6) is 0. The average Bonchev–Trinajstić information content (AvgIpc) is 2.71. The molecular formula is C16H18Br2N2. The molecule has 1 atom stereocenters. The number of benzene rings is 1. The van der Waals surface area contributed by atoms with Crippen LogP contribution in [-0.4, -0.2) is 4.57 Å². The van der Waals surface area contributed by atoms with Crippen LogP contribution in [0.5, 0.6) is 0 Å². The number of fused-ring (bicyclic) bond motifs is 1. The van der Waals surface area contributed by atoms with Gasteiger partial charge in [-0.2, -0.15) is 0 Å². The fraction of sp³-hybridized carbons (Fsp3) is 0.375. The maximum Gasteiger partial charge on any atom is 0.0738 e. The molecule has 2 aromatic rings. The molecule has 0 bridgehead atoms. The summed E-state index contributed by atoms with van der Waals surface area (Å²) in [4.78, 5) is 0. The van der Waals surface area contributed by atoms with Crippen molar-refractivity contribution in [2.24, 2.45) is 11.1 Å². The van der Waals surface area contributed by atoms with Crippen molar-refractivity contribution < 1.29 is 0 Å². The maximum absolute atomic E-state index is 6.35. The molecule has 0 fully saturated rings. The summed E-state index contributed by atoms with van der Waals surface area (Å²) in [6, 6.07) is 8.47. The summed E-state index contributed by atoms with van der Waals surface area (Å²) in [6.45, 7) is 4.59. The van der Waals surface area contributed by atoms with Gasteiger partial charge in [-0.3, -0.25) is 0 Å². The van der Waals surface area contributed by atoms with Crippen molar-refractivity contribution in [2.45, 2.75) is 32.7 Å². The van der Waals surface area contributed by atoms with E-state index in [2.05, 4.69) is 74.7 Å². The van der Waals surface area contributed by atoms with Crippen molar-refractivity contribution in [3.8, 4) is 5.69 Å². The third-order valence-electron chi connectivity index (χ3n) is 4.02. The van der Waals surface area contributed by atoms with Crippen molar-refractivity contribution in [3.05, 3.63) is 50.7 Å². The standard InChI is InChI=1S/C16H18Br2N2/c1-16(2)8-13(19)10-6-7-20(14(10)9-16)15-11(17)4-3-5-12(15)18/h3-7,13H,8-9,19H2,1-2H3. The second kappa shape index (κ2) is 5.00. The highest BCUT2D eigenvalue weighted by Gasteiger charge is 2.33. The Morgan fingerprint density at radius 1 is 1.20 bits per heavy atom. The zero-order valence-corrected chi connectivity index (χ0v) is 14.8. The molecule has 3 rings (SSSR count). The van der Waals surface area contributed by atoms with Crippen LogP contribution in [0.4, 0.5) is 0 Å². The van der Waals surface area contributed by atoms with Crippen LogP contribution < -0.4 is 5.73 Å². The fourth-order valence-electron chi connectivity index (χ4n) is 3.16. The fourth-order valence-corrected chi connectivity index (χ4v) is 4.54. The predicted molar refractivity (Wildman–Crippen MR) is 90.2 cm³/mol. The number of rotatable bonds is 1. The van der Waals surface area contributed by atoms with Crippen molar-refractivity contribution >= 4 is 31.9 Å². The van der Waals surface area contributed by atoms with Gasteiger partial charge < -0.3 is 10.3 Å². The summed E-state index contributed by atoms with van der Waals surface area (Å²) < 4.78 is 4.44. The van der Waals surface area contributed by atoms with Crippen molar-refractivity contribution in [1.29, 1.82) is 0 Å². The molecule has 0 aliphatic heterocycles. The van der Waals surface area contributed by atoms with Gasteiger partial charge in [0.05, 0.1) is 5.69 Å². The molecule has 1 aromatic heterocycles. The van der Waals surface area contributed by atoms with Gasteiger partial charge in [-0.1, -0.05) is 19.9 Å². The monoisotopic (exact) mass is 396 g/mol. The highest BCUT2D eigenvalue weighted by Crippen LogP contribution is 2.42. The van der Waals surface area contributed by atoms with E-state index in [1.807, 2.05) is 6.07 Å². The molecule has 0 radical (unpaired) electrons. The summed E-state index contributed by atoms with van der Waals surface area (Å²) >= 11 is 7.32. The largest absolute Gasteiger partial charge is 0.324 e. The molecule has 0 saturated carbocycles. The molecule has 2 N–H and O–H groups in total. The van der Waals surface area contributed by atoms with Gasteiger partial charge in [0, 0.05) is 26.9 Å². The van der Waals surface area contributed by atoms with Gasteiger partial charge in [0.2, 0.25) is 0 Å². The molecule has 2 nitrogen and oxygen atoms in total. The second-order valence-electron chi connectivity index (χ2n) is 6.31. The first-order valence-corrected chi connectivity index (χ1v) is 8.38. The quantitative estimate of drug-likeness (QED) is 0.723. The van der Waals surface area contributed by atoms with E-state index in [1.54, 1.807) is 0 Å². The van der Waals surface area contributed by atoms with Crippen LogP contribution >= 0.6 is 31.9 Å². The molecule has 0 spiro atoms. The Kier molecular flexibility index (Phi) is 3.59. The number of hydrogen-bond donors (Lipinski definition) is 1. The van der Waals surface area contributed by atoms with E-state index in [9.17, 15) is 0 Å². The van der Waals surface area contributed by atoms with Gasteiger partial charge in [0.25, 0.3) is 0 Å². The summed E-state index contributed by atoms with van der Waals surface area (Å²) in [7, 11) is 0. The lowest BCUT2D eigenvalue weighted by molar-refractivity contribution is 0.278. The Hall–Kier alpha value is -0.580. The first-order chi connectivity index (χ1) is 9.39. The molecule has 4 heteroatoms. The van der Waals surface area contributed by atoms with Crippen molar-refractivity contribution in [1.82, 2.24) is 4.57 Å². The SMILES string of the molecule is CC1(C)Cc2c(ccn2-c2c(Br)cccc2Br)C(N)C1. The third-order valence-corrected chi connectivity index (χ3v) is 5.30. The third kappa shape index (κ3) is 2.38. The Morgan fingerprint density at radius 2 is 1.85 bits per heavy atom. The van der Waals surface area contributed by atoms with E-state index in [1.165, 1.54) is 11.3 Å². The Labute approximate surface area is 136 Å². The van der Waals surface area contributed by atoms with Gasteiger partial charge in [-0.15, -0.1) is 0 Å². The van der Waals surface area contributed by atoms with Crippen LogP contribution in [0.3, 0.4) is 0 Å². The minimum atomic E-state index is 0.135. The number of para-hydroxylation sites is 1. The first kappa shape index (κ1) is 14.4. The Balaban J connectivity index is 2.19. The van der Waals surface area contributed by atoms with E-state index in [0.29, 0.717) is 0 Å². The van der Waals surface area contributed by atoms with Crippen LogP contribution in [0.25, 0.3) is 5.69 Å². The smallest absolute Gasteiger partial charge is 0.0738 e. The number of nitrogens with two attached hydrogens (primary N) is 1. The minimum absolute atomic E-state index is 0.135. The lowest BCUT2D eigenvalue weighted by atomic mass is 9.74. The topological polar surface area (TPSA) is 30.9 Å². The summed E-state index contributed by atoms with van der Waals surface area (Å²) in [6.07, 6.45) is 4.23. The van der Waals surface area contributed by atoms with Gasteiger partial charge in [0.15, 0.2) is 0 Å². The number of halogens is 2. The number of hydrogen-bond acceptors (Lipinski definition) is 1. The first-order valence-electron chi connectivity index (χ1n) is 6.79. The Bertz CT molecular complexity index is 638. The van der Waals surface area contributed by atoms with Crippen LogP contribution in [-0.2, 0) is 6.42 Å². The molecule has 0 saturated heterocycles. The van der Waals surface area contributed by atoms with Crippen molar-refractivity contribution in [2.75, 3.05) is 0 Å². The Morgan fingerprint density at radius 3 is 2.50 bits per heavy atom. The molecule has 1 aromatic carbocycles. The van der Waals surface area contributed by atoms with Gasteiger partial charge in [-0.25, -0.2) is 0 Å². The van der Waals surface area contributed by atoms with E-state index in [4.69, 9.17) is 5.73 Å². The highest BCUT2D eigenvalue weighted by atomic mass is 79.9. The van der Waals surface area contributed by atoms with Gasteiger partial charge in [-0.05, 0) is 73.9 Å². The average molecular weight is 398 g/mol. The van der Waals surface area contributed by atoms with Crippen LogP contribution in [0.2, 0.25) is 0 Å². The van der Waals surface area contributed by atoms with E-state index in [0.717, 1.165) is 27.5 Å². The van der Waals surface area contributed by atoms with Crippen LogP contribution in [0, 0.1) is 5.41 Å². The molecule has 106 valence electrons. The van der Waals surface area contributed by atoms with Gasteiger partial charge >= 0.3 is 0 Å². The van der Waals surface area contributed by atoms with E-state index >= 15 is 0 Å². The molecule has 1 unspecified atom stereocenters. The lowest BCUT2D eigenvalue weighted by Gasteiger charge is -2.34. The van der Waals surface area contributed by atoms with E-state index in [-0.39, 0.29) is 11.5 Å². The highest BCUT2D eigenvalue weighted by molar-refractivity contribution is 9.11. The summed E-state index contributed by atoms with van der Waals surface area (Å²) in [5, 5.41) is 0. The van der Waals surface area contributed by atoms with Crippen molar-refractivity contribution in [3.63, 3.8) is 0 Å². The molecule has 20 heavy (non-hydrogen) atoms. The lowest BCUT2D eigenvalue weighted by Crippen LogP contribution is -2.30. The van der Waals surface area contributed by atoms with E-state index < -0.39 is 0 Å². The zero-order valence-electron chi connectivity index (χ0n) is 11.7. The minimum Gasteiger partial charge on any atom is -0.324 e. The van der Waals surface area contributed by atoms with Crippen LogP contribution in [0.1, 0.15) is 37.6 Å². The summed E-state index contributed by atoms with van der Waals surface area (Å²) in [5.41, 5.74) is 10.4. The molecule has 0 amide bonds. The second-order valence-corrected chi connectivity index (χ2v) is 8.02. The molecule has 1 heterocycles. The maximum atomic E-state index is 6.35. The number of nitrogens with zero attached hydrogens (tertiary/aromatic N) is 1. The molecule has 1 aliphatic carbocycles. The normalized spacial score (nSPS) is 20.8. The zero-order chi connectivity index (χ0) is 14.5. The van der Waals surface area contributed by atoms with Gasteiger partial charge in [0.1, 0.15) is 0 Å². The van der Waals surface area contributed by atoms with Crippen LogP contribution in [0.15, 0.2) is 39.4 Å².